The molecule has 1 aromatic carbocycles. The summed E-state index contributed by atoms with van der Waals surface area (Å²) in [6, 6.07) is 9.57. The number of rotatable bonds is 4. The first-order valence-corrected chi connectivity index (χ1v) is 4.51. The molecule has 1 rings (SSSR count). The molecule has 2 heteroatoms. The van der Waals surface area contributed by atoms with E-state index in [2.05, 4.69) is 5.92 Å². The zero-order valence-electron chi connectivity index (χ0n) is 8.23. The van der Waals surface area contributed by atoms with Crippen molar-refractivity contribution in [2.75, 3.05) is 13.2 Å². The fourth-order valence-corrected chi connectivity index (χ4v) is 1.21. The van der Waals surface area contributed by atoms with Crippen LogP contribution in [0, 0.1) is 12.3 Å². The van der Waals surface area contributed by atoms with Crippen LogP contribution in [0.4, 0.5) is 0 Å². The summed E-state index contributed by atoms with van der Waals surface area (Å²) in [5.74, 6) is 2.60. The van der Waals surface area contributed by atoms with E-state index in [-0.39, 0.29) is 13.2 Å². The number of terminal acetylenes is 1. The molecule has 1 N–H and O–H groups in total. The zero-order chi connectivity index (χ0) is 10.4. The molecule has 0 amide bonds. The summed E-state index contributed by atoms with van der Waals surface area (Å²) in [6.07, 6.45) is 5.42. The van der Waals surface area contributed by atoms with Crippen molar-refractivity contribution in [1.29, 1.82) is 0 Å². The Labute approximate surface area is 84.5 Å². The monoisotopic (exact) mass is 190 g/mol. The van der Waals surface area contributed by atoms with Gasteiger partial charge in [0.25, 0.3) is 0 Å². The molecule has 74 valence electrons. The molecular weight excluding hydrogens is 176 g/mol. The van der Waals surface area contributed by atoms with Crippen LogP contribution in [0.15, 0.2) is 30.3 Å². The van der Waals surface area contributed by atoms with Gasteiger partial charge in [-0.25, -0.2) is 0 Å². The minimum atomic E-state index is -0.746. The SMILES string of the molecule is C#CC(C)(OCCO)c1ccccc1. The summed E-state index contributed by atoms with van der Waals surface area (Å²) in [5, 5.41) is 8.68. The molecule has 1 unspecified atom stereocenters. The van der Waals surface area contributed by atoms with Crippen molar-refractivity contribution in [2.24, 2.45) is 0 Å². The quantitative estimate of drug-likeness (QED) is 0.730. The lowest BCUT2D eigenvalue weighted by Gasteiger charge is -2.24. The topological polar surface area (TPSA) is 29.5 Å². The van der Waals surface area contributed by atoms with Crippen LogP contribution in [0.1, 0.15) is 12.5 Å². The third-order valence-electron chi connectivity index (χ3n) is 2.08. The van der Waals surface area contributed by atoms with Gasteiger partial charge in [0, 0.05) is 0 Å². The second-order valence-electron chi connectivity index (χ2n) is 3.12. The van der Waals surface area contributed by atoms with E-state index in [1.54, 1.807) is 0 Å². The summed E-state index contributed by atoms with van der Waals surface area (Å²) in [5.41, 5.74) is 0.181. The van der Waals surface area contributed by atoms with Crippen molar-refractivity contribution in [3.63, 3.8) is 0 Å². The van der Waals surface area contributed by atoms with Crippen molar-refractivity contribution in [3.05, 3.63) is 35.9 Å². The van der Waals surface area contributed by atoms with E-state index in [1.807, 2.05) is 37.3 Å². The lowest BCUT2D eigenvalue weighted by molar-refractivity contribution is -0.00912. The summed E-state index contributed by atoms with van der Waals surface area (Å²) < 4.78 is 5.43. The maximum atomic E-state index is 8.68. The average Bonchev–Trinajstić information content (AvgIpc) is 2.27. The van der Waals surface area contributed by atoms with Gasteiger partial charge in [-0.3, -0.25) is 0 Å². The third kappa shape index (κ3) is 2.35. The normalized spacial score (nSPS) is 14.4. The van der Waals surface area contributed by atoms with Crippen LogP contribution in [-0.4, -0.2) is 18.3 Å². The average molecular weight is 190 g/mol. The molecule has 0 aliphatic heterocycles. The standard InChI is InChI=1S/C12H14O2/c1-3-12(2,14-10-9-13)11-7-5-4-6-8-11/h1,4-8,13H,9-10H2,2H3. The van der Waals surface area contributed by atoms with Crippen LogP contribution < -0.4 is 0 Å². The molecule has 0 saturated carbocycles. The second kappa shape index (κ2) is 4.80. The van der Waals surface area contributed by atoms with Gasteiger partial charge in [-0.2, -0.15) is 0 Å². The van der Waals surface area contributed by atoms with E-state index in [0.717, 1.165) is 5.56 Å². The molecule has 0 heterocycles. The highest BCUT2D eigenvalue weighted by atomic mass is 16.5. The van der Waals surface area contributed by atoms with Crippen LogP contribution in [0.25, 0.3) is 0 Å². The lowest BCUT2D eigenvalue weighted by Crippen LogP contribution is -2.25. The van der Waals surface area contributed by atoms with Crippen molar-refractivity contribution in [3.8, 4) is 12.3 Å². The Morgan fingerprint density at radius 3 is 2.57 bits per heavy atom. The Balaban J connectivity index is 2.86. The Morgan fingerprint density at radius 2 is 2.07 bits per heavy atom. The first kappa shape index (κ1) is 10.8. The number of benzene rings is 1. The molecule has 0 fully saturated rings. The van der Waals surface area contributed by atoms with Gasteiger partial charge in [0.15, 0.2) is 5.60 Å². The van der Waals surface area contributed by atoms with Gasteiger partial charge in [0.1, 0.15) is 0 Å². The number of hydrogen-bond donors (Lipinski definition) is 1. The minimum absolute atomic E-state index is 0.0237. The van der Waals surface area contributed by atoms with E-state index in [4.69, 9.17) is 16.3 Å². The molecule has 0 radical (unpaired) electrons. The summed E-state index contributed by atoms with van der Waals surface area (Å²) in [7, 11) is 0. The van der Waals surface area contributed by atoms with E-state index in [1.165, 1.54) is 0 Å². The summed E-state index contributed by atoms with van der Waals surface area (Å²) >= 11 is 0. The maximum Gasteiger partial charge on any atom is 0.151 e. The Hall–Kier alpha value is -1.30. The first-order chi connectivity index (χ1) is 6.73. The molecule has 14 heavy (non-hydrogen) atoms. The van der Waals surface area contributed by atoms with Crippen molar-refractivity contribution < 1.29 is 9.84 Å². The third-order valence-corrected chi connectivity index (χ3v) is 2.08. The first-order valence-electron chi connectivity index (χ1n) is 4.51. The van der Waals surface area contributed by atoms with Crippen LogP contribution in [0.5, 0.6) is 0 Å². The Bertz CT molecular complexity index is 313. The van der Waals surface area contributed by atoms with E-state index in [0.29, 0.717) is 0 Å². The maximum absolute atomic E-state index is 8.68. The van der Waals surface area contributed by atoms with E-state index >= 15 is 0 Å². The number of aliphatic hydroxyl groups excluding tert-OH is 1. The highest BCUT2D eigenvalue weighted by Gasteiger charge is 2.23. The van der Waals surface area contributed by atoms with E-state index in [9.17, 15) is 0 Å². The molecule has 2 nitrogen and oxygen atoms in total. The van der Waals surface area contributed by atoms with Crippen LogP contribution >= 0.6 is 0 Å². The molecule has 0 aliphatic carbocycles. The van der Waals surface area contributed by atoms with Crippen molar-refractivity contribution in [1.82, 2.24) is 0 Å². The van der Waals surface area contributed by atoms with Gasteiger partial charge in [-0.1, -0.05) is 36.3 Å². The zero-order valence-corrected chi connectivity index (χ0v) is 8.23. The molecule has 0 spiro atoms. The molecule has 1 aromatic rings. The van der Waals surface area contributed by atoms with Gasteiger partial charge >= 0.3 is 0 Å². The largest absolute Gasteiger partial charge is 0.394 e. The molecule has 0 aromatic heterocycles. The van der Waals surface area contributed by atoms with Gasteiger partial charge in [-0.15, -0.1) is 6.42 Å². The number of ether oxygens (including phenoxy) is 1. The molecule has 0 aliphatic rings. The summed E-state index contributed by atoms with van der Waals surface area (Å²) in [4.78, 5) is 0. The molecule has 0 bridgehead atoms. The minimum Gasteiger partial charge on any atom is -0.394 e. The smallest absolute Gasteiger partial charge is 0.151 e. The van der Waals surface area contributed by atoms with Gasteiger partial charge < -0.3 is 9.84 Å². The van der Waals surface area contributed by atoms with Crippen LogP contribution in [-0.2, 0) is 10.3 Å². The van der Waals surface area contributed by atoms with Crippen LogP contribution in [0.2, 0.25) is 0 Å². The molecule has 1 atom stereocenters. The predicted octanol–water partition coefficient (Wildman–Crippen LogP) is 1.54. The van der Waals surface area contributed by atoms with Gasteiger partial charge in [-0.05, 0) is 12.5 Å². The fraction of sp³-hybridized carbons (Fsp3) is 0.333. The predicted molar refractivity (Wildman–Crippen MR) is 55.7 cm³/mol. The van der Waals surface area contributed by atoms with Gasteiger partial charge in [0.2, 0.25) is 0 Å². The van der Waals surface area contributed by atoms with Crippen LogP contribution in [0.3, 0.4) is 0 Å². The molecule has 0 saturated heterocycles. The fourth-order valence-electron chi connectivity index (χ4n) is 1.21. The van der Waals surface area contributed by atoms with Gasteiger partial charge in [0.05, 0.1) is 13.2 Å². The highest BCUT2D eigenvalue weighted by molar-refractivity contribution is 5.29. The van der Waals surface area contributed by atoms with Crippen molar-refractivity contribution in [2.45, 2.75) is 12.5 Å². The Morgan fingerprint density at radius 1 is 1.43 bits per heavy atom. The number of hydrogen-bond acceptors (Lipinski definition) is 2. The number of aliphatic hydroxyl groups is 1. The van der Waals surface area contributed by atoms with E-state index < -0.39 is 5.60 Å². The Kier molecular flexibility index (Phi) is 3.70. The summed E-state index contributed by atoms with van der Waals surface area (Å²) in [6.45, 7) is 2.04. The highest BCUT2D eigenvalue weighted by Crippen LogP contribution is 2.23. The van der Waals surface area contributed by atoms with Crippen molar-refractivity contribution >= 4 is 0 Å². The molecular formula is C12H14O2. The second-order valence-corrected chi connectivity index (χ2v) is 3.12. The lowest BCUT2D eigenvalue weighted by atomic mass is 9.97.